The third kappa shape index (κ3) is 3.95. The Balaban J connectivity index is 1.48. The zero-order chi connectivity index (χ0) is 17.2. The van der Waals surface area contributed by atoms with Crippen molar-refractivity contribution in [2.75, 3.05) is 6.61 Å². The van der Waals surface area contributed by atoms with Crippen molar-refractivity contribution in [2.24, 2.45) is 5.92 Å². The van der Waals surface area contributed by atoms with Crippen LogP contribution in [0.1, 0.15) is 66.4 Å². The maximum absolute atomic E-state index is 12.5. The van der Waals surface area contributed by atoms with E-state index in [1.165, 1.54) is 12.8 Å². The van der Waals surface area contributed by atoms with Crippen LogP contribution in [0.4, 0.5) is 0 Å². The highest BCUT2D eigenvalue weighted by molar-refractivity contribution is 5.92. The largest absolute Gasteiger partial charge is 0.476 e. The number of aromatic nitrogens is 3. The van der Waals surface area contributed by atoms with E-state index in [0.717, 1.165) is 24.2 Å². The molecule has 2 aliphatic rings. The van der Waals surface area contributed by atoms with E-state index in [9.17, 15) is 4.79 Å². The Kier molecular flexibility index (Phi) is 4.34. The minimum absolute atomic E-state index is 0.200. The molecule has 1 N–H and O–H groups in total. The van der Waals surface area contributed by atoms with Gasteiger partial charge in [0.1, 0.15) is 11.4 Å². The average Bonchev–Trinajstić information content (AvgIpc) is 3.54. The van der Waals surface area contributed by atoms with Crippen LogP contribution in [0.3, 0.4) is 0 Å². The Morgan fingerprint density at radius 1 is 1.28 bits per heavy atom. The second-order valence-corrected chi connectivity index (χ2v) is 6.92. The molecule has 0 bridgehead atoms. The molecule has 0 spiro atoms. The minimum atomic E-state index is -0.260. The molecule has 6 nitrogen and oxygen atoms in total. The van der Waals surface area contributed by atoms with Crippen molar-refractivity contribution in [2.45, 2.75) is 44.6 Å². The summed E-state index contributed by atoms with van der Waals surface area (Å²) >= 11 is 0. The van der Waals surface area contributed by atoms with E-state index in [2.05, 4.69) is 20.3 Å². The predicted octanol–water partition coefficient (Wildman–Crippen LogP) is 3.03. The molecule has 1 amide bonds. The monoisotopic (exact) mass is 338 g/mol. The van der Waals surface area contributed by atoms with Crippen LogP contribution < -0.4 is 10.1 Å². The number of carbonyl (C=O) groups is 1. The summed E-state index contributed by atoms with van der Waals surface area (Å²) < 4.78 is 5.88. The van der Waals surface area contributed by atoms with Crippen molar-refractivity contribution in [1.82, 2.24) is 20.3 Å². The molecule has 25 heavy (non-hydrogen) atoms. The molecule has 2 fully saturated rings. The van der Waals surface area contributed by atoms with Crippen molar-refractivity contribution in [3.8, 4) is 5.88 Å². The number of hydrogen-bond donors (Lipinski definition) is 1. The predicted molar refractivity (Wildman–Crippen MR) is 92.3 cm³/mol. The minimum Gasteiger partial charge on any atom is -0.476 e. The smallest absolute Gasteiger partial charge is 0.272 e. The van der Waals surface area contributed by atoms with Crippen LogP contribution in [0, 0.1) is 5.92 Å². The number of carbonyl (C=O) groups excluding carboxylic acids is 1. The van der Waals surface area contributed by atoms with E-state index in [1.807, 2.05) is 25.1 Å². The van der Waals surface area contributed by atoms with Crippen molar-refractivity contribution in [1.29, 1.82) is 0 Å². The maximum Gasteiger partial charge on any atom is 0.272 e. The molecule has 1 atom stereocenters. The van der Waals surface area contributed by atoms with Gasteiger partial charge in [-0.1, -0.05) is 6.07 Å². The van der Waals surface area contributed by atoms with E-state index in [0.29, 0.717) is 24.3 Å². The van der Waals surface area contributed by atoms with Crippen LogP contribution in [0.5, 0.6) is 5.88 Å². The number of nitrogens with zero attached hydrogens (tertiary/aromatic N) is 3. The van der Waals surface area contributed by atoms with Crippen molar-refractivity contribution in [3.63, 3.8) is 0 Å². The first-order valence-electron chi connectivity index (χ1n) is 8.92. The standard InChI is InChI=1S/C19H22N4O2/c1-12(15-4-2-3-9-20-15)22-18(24)16-10-21-17(14-7-8-14)19(23-16)25-11-13-5-6-13/h2-4,9-10,12-14H,5-8,11H2,1H3,(H,22,24)/t12-/m0/s1. The summed E-state index contributed by atoms with van der Waals surface area (Å²) in [5.74, 6) is 1.35. The lowest BCUT2D eigenvalue weighted by molar-refractivity contribution is 0.0932. The normalized spacial score (nSPS) is 17.8. The molecule has 2 heterocycles. The van der Waals surface area contributed by atoms with Crippen LogP contribution in [-0.2, 0) is 0 Å². The van der Waals surface area contributed by atoms with Gasteiger partial charge in [-0.3, -0.25) is 14.8 Å². The molecule has 6 heteroatoms. The third-order valence-electron chi connectivity index (χ3n) is 4.60. The number of ether oxygens (including phenoxy) is 1. The molecule has 0 unspecified atom stereocenters. The Morgan fingerprint density at radius 3 is 2.80 bits per heavy atom. The second-order valence-electron chi connectivity index (χ2n) is 6.92. The quantitative estimate of drug-likeness (QED) is 0.840. The summed E-state index contributed by atoms with van der Waals surface area (Å²) in [5.41, 5.74) is 2.00. The molecule has 0 aromatic carbocycles. The number of nitrogens with one attached hydrogen (secondary N) is 1. The van der Waals surface area contributed by atoms with Crippen LogP contribution in [0.2, 0.25) is 0 Å². The molecule has 0 aliphatic heterocycles. The maximum atomic E-state index is 12.5. The summed E-state index contributed by atoms with van der Waals surface area (Å²) in [5, 5.41) is 2.92. The van der Waals surface area contributed by atoms with Gasteiger partial charge in [-0.25, -0.2) is 4.98 Å². The molecular formula is C19H22N4O2. The van der Waals surface area contributed by atoms with Gasteiger partial charge in [0.2, 0.25) is 5.88 Å². The molecular weight excluding hydrogens is 316 g/mol. The fraction of sp³-hybridized carbons (Fsp3) is 0.474. The number of amides is 1. The molecule has 0 radical (unpaired) electrons. The molecule has 2 aromatic rings. The van der Waals surface area contributed by atoms with E-state index in [1.54, 1.807) is 12.4 Å². The highest BCUT2D eigenvalue weighted by Gasteiger charge is 2.31. The first-order chi connectivity index (χ1) is 12.2. The lowest BCUT2D eigenvalue weighted by Gasteiger charge is -2.14. The molecule has 2 aromatic heterocycles. The van der Waals surface area contributed by atoms with Gasteiger partial charge < -0.3 is 10.1 Å². The summed E-state index contributed by atoms with van der Waals surface area (Å²) in [6.45, 7) is 2.57. The van der Waals surface area contributed by atoms with Gasteiger partial charge >= 0.3 is 0 Å². The van der Waals surface area contributed by atoms with Crippen LogP contribution in [-0.4, -0.2) is 27.5 Å². The fourth-order valence-corrected chi connectivity index (χ4v) is 2.69. The van der Waals surface area contributed by atoms with Crippen LogP contribution >= 0.6 is 0 Å². The average molecular weight is 338 g/mol. The highest BCUT2D eigenvalue weighted by atomic mass is 16.5. The molecule has 2 aliphatic carbocycles. The first kappa shape index (κ1) is 16.0. The number of rotatable bonds is 7. The van der Waals surface area contributed by atoms with Gasteiger partial charge in [0, 0.05) is 12.1 Å². The molecule has 130 valence electrons. The SMILES string of the molecule is C[C@H](NC(=O)c1cnc(C2CC2)c(OCC2CC2)n1)c1ccccn1. The lowest BCUT2D eigenvalue weighted by atomic mass is 10.2. The van der Waals surface area contributed by atoms with Crippen LogP contribution in [0.15, 0.2) is 30.6 Å². The summed E-state index contributed by atoms with van der Waals surface area (Å²) in [6.07, 6.45) is 7.94. The zero-order valence-corrected chi connectivity index (χ0v) is 14.3. The van der Waals surface area contributed by atoms with E-state index in [-0.39, 0.29) is 17.6 Å². The lowest BCUT2D eigenvalue weighted by Crippen LogP contribution is -2.28. The highest BCUT2D eigenvalue weighted by Crippen LogP contribution is 2.42. The van der Waals surface area contributed by atoms with Crippen molar-refractivity contribution >= 4 is 5.91 Å². The van der Waals surface area contributed by atoms with Crippen LogP contribution in [0.25, 0.3) is 0 Å². The molecule has 0 saturated heterocycles. The Hall–Kier alpha value is -2.50. The Morgan fingerprint density at radius 2 is 2.12 bits per heavy atom. The Bertz CT molecular complexity index is 757. The van der Waals surface area contributed by atoms with E-state index < -0.39 is 0 Å². The molecule has 4 rings (SSSR count). The zero-order valence-electron chi connectivity index (χ0n) is 14.3. The number of pyridine rings is 1. The van der Waals surface area contributed by atoms with Gasteiger partial charge in [-0.15, -0.1) is 0 Å². The fourth-order valence-electron chi connectivity index (χ4n) is 2.69. The second kappa shape index (κ2) is 6.78. The van der Waals surface area contributed by atoms with Gasteiger partial charge in [0.15, 0.2) is 0 Å². The van der Waals surface area contributed by atoms with Gasteiger partial charge in [0.25, 0.3) is 5.91 Å². The topological polar surface area (TPSA) is 77.0 Å². The first-order valence-corrected chi connectivity index (χ1v) is 8.92. The van der Waals surface area contributed by atoms with Gasteiger partial charge in [-0.2, -0.15) is 0 Å². The van der Waals surface area contributed by atoms with Gasteiger partial charge in [-0.05, 0) is 50.7 Å². The summed E-state index contributed by atoms with van der Waals surface area (Å²) in [7, 11) is 0. The summed E-state index contributed by atoms with van der Waals surface area (Å²) in [6, 6.07) is 5.44. The molecule has 2 saturated carbocycles. The third-order valence-corrected chi connectivity index (χ3v) is 4.60. The van der Waals surface area contributed by atoms with Crippen molar-refractivity contribution in [3.05, 3.63) is 47.7 Å². The summed E-state index contributed by atoms with van der Waals surface area (Å²) in [4.78, 5) is 25.7. The van der Waals surface area contributed by atoms with Gasteiger partial charge in [0.05, 0.1) is 24.5 Å². The number of hydrogen-bond acceptors (Lipinski definition) is 5. The van der Waals surface area contributed by atoms with E-state index in [4.69, 9.17) is 4.74 Å². The van der Waals surface area contributed by atoms with Crippen molar-refractivity contribution < 1.29 is 9.53 Å². The Labute approximate surface area is 147 Å². The van der Waals surface area contributed by atoms with E-state index >= 15 is 0 Å².